The van der Waals surface area contributed by atoms with Crippen LogP contribution in [0.1, 0.15) is 13.8 Å². The summed E-state index contributed by atoms with van der Waals surface area (Å²) in [5.41, 5.74) is 5.35. The van der Waals surface area contributed by atoms with E-state index in [4.69, 9.17) is 10.8 Å². The van der Waals surface area contributed by atoms with E-state index in [2.05, 4.69) is 0 Å². The maximum absolute atomic E-state index is 12.2. The first-order valence-corrected chi connectivity index (χ1v) is 6.71. The van der Waals surface area contributed by atoms with Gasteiger partial charge in [-0.25, -0.2) is 13.2 Å². The predicted molar refractivity (Wildman–Crippen MR) is 57.6 cm³/mol. The smallest absolute Gasteiger partial charge is 0.328 e. The summed E-state index contributed by atoms with van der Waals surface area (Å²) in [4.78, 5) is 23.8. The molecule has 0 saturated carbocycles. The Morgan fingerprint density at radius 1 is 1.53 bits per heavy atom. The summed E-state index contributed by atoms with van der Waals surface area (Å²) >= 11 is 0. The third kappa shape index (κ3) is 1.17. The molecule has 0 bridgehead atoms. The molecule has 2 heterocycles. The maximum atomic E-state index is 12.2. The molecule has 2 aliphatic heterocycles. The normalized spacial score (nSPS) is 37.5. The molecule has 0 spiro atoms. The fourth-order valence-electron chi connectivity index (χ4n) is 2.63. The van der Waals surface area contributed by atoms with Gasteiger partial charge in [-0.1, -0.05) is 0 Å². The molecule has 0 aromatic heterocycles. The molecular weight excluding hydrogens is 248 g/mol. The SMILES string of the molecule is CC1(C)[C@H](C(=O)O)N2C(=O)[C@H](CN)[C@H]2S1(=O)=O. The summed E-state index contributed by atoms with van der Waals surface area (Å²) in [6.07, 6.45) is 0. The minimum absolute atomic E-state index is 0.0817. The van der Waals surface area contributed by atoms with Gasteiger partial charge in [0.1, 0.15) is 11.4 Å². The quantitative estimate of drug-likeness (QED) is 0.578. The van der Waals surface area contributed by atoms with Gasteiger partial charge < -0.3 is 15.7 Å². The number of rotatable bonds is 2. The lowest BCUT2D eigenvalue weighted by molar-refractivity contribution is -0.162. The summed E-state index contributed by atoms with van der Waals surface area (Å²) in [7, 11) is -3.71. The number of aliphatic carboxylic acids is 1. The summed E-state index contributed by atoms with van der Waals surface area (Å²) in [6.45, 7) is 2.59. The minimum Gasteiger partial charge on any atom is -0.480 e. The largest absolute Gasteiger partial charge is 0.480 e. The number of carbonyl (C=O) groups excluding carboxylic acids is 1. The van der Waals surface area contributed by atoms with Crippen molar-refractivity contribution < 1.29 is 23.1 Å². The molecule has 0 aromatic rings. The number of hydrogen-bond acceptors (Lipinski definition) is 5. The Bertz CT molecular complexity index is 498. The highest BCUT2D eigenvalue weighted by molar-refractivity contribution is 7.93. The fraction of sp³-hybridized carbons (Fsp3) is 0.778. The monoisotopic (exact) mass is 262 g/mol. The van der Waals surface area contributed by atoms with Crippen molar-refractivity contribution in [2.45, 2.75) is 30.0 Å². The molecule has 0 aromatic carbocycles. The zero-order valence-electron chi connectivity index (χ0n) is 9.45. The number of nitrogens with two attached hydrogens (primary N) is 1. The summed E-state index contributed by atoms with van der Waals surface area (Å²) in [5, 5.41) is 8.02. The number of carboxylic acids is 1. The van der Waals surface area contributed by atoms with Gasteiger partial charge in [-0.05, 0) is 13.8 Å². The molecule has 2 saturated heterocycles. The Kier molecular flexibility index (Phi) is 2.32. The van der Waals surface area contributed by atoms with Crippen LogP contribution in [0, 0.1) is 5.92 Å². The van der Waals surface area contributed by atoms with Crippen molar-refractivity contribution in [2.24, 2.45) is 11.7 Å². The first kappa shape index (κ1) is 12.3. The molecule has 1 amide bonds. The topological polar surface area (TPSA) is 118 Å². The summed E-state index contributed by atoms with van der Waals surface area (Å²) < 4.78 is 22.9. The van der Waals surface area contributed by atoms with Gasteiger partial charge in [-0.3, -0.25) is 4.79 Å². The van der Waals surface area contributed by atoms with Gasteiger partial charge in [0.2, 0.25) is 5.91 Å². The molecule has 0 unspecified atom stereocenters. The Hall–Kier alpha value is -1.15. The van der Waals surface area contributed by atoms with Crippen LogP contribution >= 0.6 is 0 Å². The number of sulfone groups is 1. The zero-order valence-corrected chi connectivity index (χ0v) is 10.3. The van der Waals surface area contributed by atoms with Gasteiger partial charge in [0, 0.05) is 6.54 Å². The first-order chi connectivity index (χ1) is 7.67. The summed E-state index contributed by atoms with van der Waals surface area (Å²) in [5.74, 6) is -2.59. The average Bonchev–Trinajstić information content (AvgIpc) is 2.32. The Balaban J connectivity index is 2.56. The van der Waals surface area contributed by atoms with E-state index < -0.39 is 43.8 Å². The Morgan fingerprint density at radius 2 is 2.06 bits per heavy atom. The van der Waals surface area contributed by atoms with Gasteiger partial charge in [-0.15, -0.1) is 0 Å². The standard InChI is InChI=1S/C9H14N2O5S/c1-9(2)5(8(13)14)11-6(12)4(3-10)7(11)17(9,15)16/h4-5,7H,3,10H2,1-2H3,(H,13,14)/t4-,5-,7+/m0/s1. The lowest BCUT2D eigenvalue weighted by Gasteiger charge is -2.42. The number of carbonyl (C=O) groups is 2. The van der Waals surface area contributed by atoms with Crippen LogP contribution in [0.2, 0.25) is 0 Å². The van der Waals surface area contributed by atoms with Crippen molar-refractivity contribution >= 4 is 21.7 Å². The van der Waals surface area contributed by atoms with Crippen LogP contribution < -0.4 is 5.73 Å². The molecule has 0 aliphatic carbocycles. The molecule has 3 N–H and O–H groups in total. The average molecular weight is 262 g/mol. The van der Waals surface area contributed by atoms with Crippen molar-refractivity contribution in [3.8, 4) is 0 Å². The number of nitrogens with zero attached hydrogens (tertiary/aromatic N) is 1. The van der Waals surface area contributed by atoms with Gasteiger partial charge in [0.05, 0.1) is 10.7 Å². The lowest BCUT2D eigenvalue weighted by atomic mass is 9.92. The van der Waals surface area contributed by atoms with Gasteiger partial charge >= 0.3 is 5.97 Å². The molecule has 2 rings (SSSR count). The lowest BCUT2D eigenvalue weighted by Crippen LogP contribution is -2.65. The second-order valence-corrected chi connectivity index (χ2v) is 7.49. The molecule has 3 atom stereocenters. The third-order valence-electron chi connectivity index (χ3n) is 3.67. The predicted octanol–water partition coefficient (Wildman–Crippen LogP) is -1.61. The van der Waals surface area contributed by atoms with E-state index in [0.29, 0.717) is 0 Å². The van der Waals surface area contributed by atoms with Gasteiger partial charge in [0.25, 0.3) is 0 Å². The van der Waals surface area contributed by atoms with Crippen molar-refractivity contribution in [1.29, 1.82) is 0 Å². The van der Waals surface area contributed by atoms with E-state index in [0.717, 1.165) is 4.90 Å². The second-order valence-electron chi connectivity index (χ2n) is 4.87. The Morgan fingerprint density at radius 3 is 2.47 bits per heavy atom. The van der Waals surface area contributed by atoms with E-state index in [-0.39, 0.29) is 6.54 Å². The molecule has 96 valence electrons. The minimum atomic E-state index is -3.71. The highest BCUT2D eigenvalue weighted by Crippen LogP contribution is 2.48. The highest BCUT2D eigenvalue weighted by atomic mass is 32.2. The number of hydrogen-bond donors (Lipinski definition) is 2. The molecule has 0 radical (unpaired) electrons. The second kappa shape index (κ2) is 3.20. The van der Waals surface area contributed by atoms with Crippen LogP contribution in [-0.4, -0.2) is 53.0 Å². The number of amides is 1. The molecule has 2 aliphatic rings. The van der Waals surface area contributed by atoms with Crippen LogP contribution in [0.3, 0.4) is 0 Å². The van der Waals surface area contributed by atoms with Crippen LogP contribution in [0.4, 0.5) is 0 Å². The van der Waals surface area contributed by atoms with Crippen LogP contribution in [0.15, 0.2) is 0 Å². The molecule has 8 heteroatoms. The van der Waals surface area contributed by atoms with E-state index in [1.54, 1.807) is 0 Å². The number of β-lactam (4-membered cyclic amide) rings is 1. The van der Waals surface area contributed by atoms with E-state index in [1.165, 1.54) is 13.8 Å². The molecular formula is C9H14N2O5S. The number of carboxylic acid groups (broad SMARTS) is 1. The van der Waals surface area contributed by atoms with E-state index >= 15 is 0 Å². The zero-order chi connectivity index (χ0) is 13.2. The molecule has 17 heavy (non-hydrogen) atoms. The molecule has 7 nitrogen and oxygen atoms in total. The molecule has 2 fully saturated rings. The van der Waals surface area contributed by atoms with Crippen LogP contribution in [0.25, 0.3) is 0 Å². The Labute approximate surface area is 98.5 Å². The van der Waals surface area contributed by atoms with Crippen molar-refractivity contribution in [1.82, 2.24) is 4.90 Å². The fourth-order valence-corrected chi connectivity index (χ4v) is 4.96. The first-order valence-electron chi connectivity index (χ1n) is 5.16. The van der Waals surface area contributed by atoms with Gasteiger partial charge in [-0.2, -0.15) is 0 Å². The van der Waals surface area contributed by atoms with Gasteiger partial charge in [0.15, 0.2) is 9.84 Å². The third-order valence-corrected chi connectivity index (χ3v) is 6.55. The van der Waals surface area contributed by atoms with E-state index in [1.807, 2.05) is 0 Å². The summed E-state index contributed by atoms with van der Waals surface area (Å²) in [6, 6.07) is -1.33. The van der Waals surface area contributed by atoms with Crippen molar-refractivity contribution in [2.75, 3.05) is 6.54 Å². The number of fused-ring (bicyclic) bond motifs is 1. The van der Waals surface area contributed by atoms with E-state index in [9.17, 15) is 18.0 Å². The highest BCUT2D eigenvalue weighted by Gasteiger charge is 2.71. The maximum Gasteiger partial charge on any atom is 0.328 e. The van der Waals surface area contributed by atoms with Crippen LogP contribution in [0.5, 0.6) is 0 Å². The van der Waals surface area contributed by atoms with Crippen molar-refractivity contribution in [3.63, 3.8) is 0 Å². The van der Waals surface area contributed by atoms with Crippen molar-refractivity contribution in [3.05, 3.63) is 0 Å². The van der Waals surface area contributed by atoms with Crippen LogP contribution in [-0.2, 0) is 19.4 Å².